The summed E-state index contributed by atoms with van der Waals surface area (Å²) in [6, 6.07) is 14.9. The smallest absolute Gasteiger partial charge is 0.271 e. The number of benzene rings is 1. The Bertz CT molecular complexity index is 938. The van der Waals surface area contributed by atoms with Crippen LogP contribution in [0.2, 0.25) is 0 Å². The Morgan fingerprint density at radius 3 is 2.46 bits per heavy atom. The summed E-state index contributed by atoms with van der Waals surface area (Å²) < 4.78 is 1.60. The van der Waals surface area contributed by atoms with E-state index in [-0.39, 0.29) is 23.6 Å². The molecule has 1 aromatic carbocycles. The summed E-state index contributed by atoms with van der Waals surface area (Å²) in [5, 5.41) is 9.84. The fraction of sp³-hybridized carbons (Fsp3) is 0.238. The Hall–Kier alpha value is -3.48. The van der Waals surface area contributed by atoms with E-state index in [0.29, 0.717) is 18.7 Å². The van der Waals surface area contributed by atoms with Crippen LogP contribution in [0.15, 0.2) is 60.9 Å². The summed E-state index contributed by atoms with van der Waals surface area (Å²) in [6.07, 6.45) is 4.14. The highest BCUT2D eigenvalue weighted by Crippen LogP contribution is 2.20. The zero-order chi connectivity index (χ0) is 19.9. The van der Waals surface area contributed by atoms with Gasteiger partial charge in [-0.2, -0.15) is 5.10 Å². The number of amides is 2. The summed E-state index contributed by atoms with van der Waals surface area (Å²) in [5.41, 5.74) is 2.65. The predicted octanol–water partition coefficient (Wildman–Crippen LogP) is 2.22. The predicted molar refractivity (Wildman–Crippen MR) is 106 cm³/mol. The van der Waals surface area contributed by atoms with Crippen molar-refractivity contribution in [3.63, 3.8) is 0 Å². The molecule has 0 unspecified atom stereocenters. The second-order valence-corrected chi connectivity index (χ2v) is 6.39. The quantitative estimate of drug-likeness (QED) is 0.661. The molecule has 7 heteroatoms. The number of carbonyl (C=O) groups is 2. The zero-order valence-electron chi connectivity index (χ0n) is 15.9. The maximum absolute atomic E-state index is 12.8. The molecule has 28 heavy (non-hydrogen) atoms. The average molecular weight is 377 g/mol. The van der Waals surface area contributed by atoms with E-state index in [4.69, 9.17) is 0 Å². The first-order valence-electron chi connectivity index (χ1n) is 9.14. The lowest BCUT2D eigenvalue weighted by Gasteiger charge is -2.16. The number of aromatic nitrogens is 3. The summed E-state index contributed by atoms with van der Waals surface area (Å²) in [4.78, 5) is 28.8. The minimum Gasteiger partial charge on any atom is -0.354 e. The van der Waals surface area contributed by atoms with Crippen LogP contribution >= 0.6 is 0 Å². The number of nitrogens with zero attached hydrogens (tertiary/aromatic N) is 3. The molecule has 2 aromatic heterocycles. The highest BCUT2D eigenvalue weighted by Gasteiger charge is 2.22. The van der Waals surface area contributed by atoms with E-state index in [1.807, 2.05) is 49.4 Å². The lowest BCUT2D eigenvalue weighted by molar-refractivity contribution is 0.0938. The number of hydrogen-bond donors (Lipinski definition) is 2. The van der Waals surface area contributed by atoms with Crippen molar-refractivity contribution >= 4 is 11.8 Å². The van der Waals surface area contributed by atoms with Gasteiger partial charge >= 0.3 is 0 Å². The number of carbonyl (C=O) groups excluding carboxylic acids is 2. The van der Waals surface area contributed by atoms with Gasteiger partial charge in [0.25, 0.3) is 11.8 Å². The largest absolute Gasteiger partial charge is 0.354 e. The molecule has 0 fully saturated rings. The van der Waals surface area contributed by atoms with Crippen molar-refractivity contribution in [1.82, 2.24) is 25.4 Å². The van der Waals surface area contributed by atoms with E-state index in [2.05, 4.69) is 20.7 Å². The summed E-state index contributed by atoms with van der Waals surface area (Å²) in [6.45, 7) is 2.42. The van der Waals surface area contributed by atoms with Crippen molar-refractivity contribution in [1.29, 1.82) is 0 Å². The molecule has 7 nitrogen and oxygen atoms in total. The van der Waals surface area contributed by atoms with Crippen LogP contribution in [0.25, 0.3) is 0 Å². The molecule has 0 saturated heterocycles. The normalized spacial score (nSPS) is 11.6. The minimum absolute atomic E-state index is 0.194. The van der Waals surface area contributed by atoms with E-state index < -0.39 is 0 Å². The third kappa shape index (κ3) is 4.43. The van der Waals surface area contributed by atoms with Crippen LogP contribution in [0.4, 0.5) is 0 Å². The van der Waals surface area contributed by atoms with Crippen LogP contribution in [0, 0.1) is 0 Å². The van der Waals surface area contributed by atoms with Gasteiger partial charge in [0.1, 0.15) is 5.69 Å². The first-order chi connectivity index (χ1) is 13.6. The molecular formula is C21H23N5O2. The van der Waals surface area contributed by atoms with E-state index in [9.17, 15) is 9.59 Å². The summed E-state index contributed by atoms with van der Waals surface area (Å²) in [7, 11) is 1.54. The Morgan fingerprint density at radius 1 is 1.07 bits per heavy atom. The summed E-state index contributed by atoms with van der Waals surface area (Å²) >= 11 is 0. The van der Waals surface area contributed by atoms with Gasteiger partial charge in [-0.25, -0.2) is 0 Å². The van der Waals surface area contributed by atoms with Crippen molar-refractivity contribution < 1.29 is 9.59 Å². The number of nitrogens with one attached hydrogen (secondary N) is 2. The van der Waals surface area contributed by atoms with Crippen LogP contribution in [-0.2, 0) is 6.42 Å². The average Bonchev–Trinajstić information content (AvgIpc) is 3.19. The molecule has 0 saturated carbocycles. The Balaban J connectivity index is 1.80. The van der Waals surface area contributed by atoms with Gasteiger partial charge in [0, 0.05) is 32.1 Å². The molecule has 0 bridgehead atoms. The second kappa shape index (κ2) is 8.94. The molecule has 1 atom stereocenters. The molecular weight excluding hydrogens is 354 g/mol. The highest BCUT2D eigenvalue weighted by atomic mass is 16.2. The molecule has 0 aliphatic rings. The molecule has 0 radical (unpaired) electrons. The fourth-order valence-electron chi connectivity index (χ4n) is 2.93. The molecule has 3 aromatic rings. The van der Waals surface area contributed by atoms with Gasteiger partial charge in [-0.05, 0) is 36.6 Å². The lowest BCUT2D eigenvalue weighted by Crippen LogP contribution is -2.29. The molecule has 3 rings (SSSR count). The van der Waals surface area contributed by atoms with Gasteiger partial charge < -0.3 is 10.6 Å². The van der Waals surface area contributed by atoms with Crippen LogP contribution in [0.1, 0.15) is 45.1 Å². The van der Waals surface area contributed by atoms with Crippen LogP contribution in [-0.4, -0.2) is 40.2 Å². The first-order valence-corrected chi connectivity index (χ1v) is 9.14. The Labute approximate surface area is 163 Å². The van der Waals surface area contributed by atoms with Crippen molar-refractivity contribution in [2.24, 2.45) is 0 Å². The molecule has 144 valence electrons. The summed E-state index contributed by atoms with van der Waals surface area (Å²) in [5.74, 6) is -0.593. The Kier molecular flexibility index (Phi) is 6.16. The van der Waals surface area contributed by atoms with Crippen LogP contribution in [0.5, 0.6) is 0 Å². The second-order valence-electron chi connectivity index (χ2n) is 6.39. The van der Waals surface area contributed by atoms with E-state index in [1.54, 1.807) is 17.1 Å². The maximum Gasteiger partial charge on any atom is 0.271 e. The highest BCUT2D eigenvalue weighted by molar-refractivity contribution is 5.97. The topological polar surface area (TPSA) is 88.9 Å². The number of pyridine rings is 1. The molecule has 2 heterocycles. The Morgan fingerprint density at radius 2 is 1.79 bits per heavy atom. The van der Waals surface area contributed by atoms with Crippen molar-refractivity contribution in [2.45, 2.75) is 19.4 Å². The van der Waals surface area contributed by atoms with Crippen molar-refractivity contribution in [3.05, 3.63) is 83.4 Å². The van der Waals surface area contributed by atoms with E-state index in [1.165, 1.54) is 13.1 Å². The van der Waals surface area contributed by atoms with Gasteiger partial charge in [0.05, 0.1) is 6.04 Å². The van der Waals surface area contributed by atoms with Crippen LogP contribution < -0.4 is 10.6 Å². The molecule has 0 aliphatic heterocycles. The number of rotatable bonds is 7. The standard InChI is InChI=1S/C21H23N5O2/c1-15(17-6-4-3-5-7-17)26-19(14-18(25-26)20(27)22-2)21(28)24-13-10-16-8-11-23-12-9-16/h3-9,11-12,14-15H,10,13H2,1-2H3,(H,22,27)(H,24,28)/t15-/m0/s1. The zero-order valence-corrected chi connectivity index (χ0v) is 15.9. The number of hydrogen-bond acceptors (Lipinski definition) is 4. The third-order valence-corrected chi connectivity index (χ3v) is 4.53. The molecule has 2 N–H and O–H groups in total. The minimum atomic E-state index is -0.329. The van der Waals surface area contributed by atoms with Gasteiger partial charge in [-0.15, -0.1) is 0 Å². The van der Waals surface area contributed by atoms with Crippen LogP contribution in [0.3, 0.4) is 0 Å². The molecule has 0 spiro atoms. The van der Waals surface area contributed by atoms with E-state index >= 15 is 0 Å². The SMILES string of the molecule is CNC(=O)c1cc(C(=O)NCCc2ccncc2)n([C@@H](C)c2ccccc2)n1. The van der Waals surface area contributed by atoms with Crippen molar-refractivity contribution in [3.8, 4) is 0 Å². The lowest BCUT2D eigenvalue weighted by atomic mass is 10.1. The molecule has 2 amide bonds. The van der Waals surface area contributed by atoms with Gasteiger partial charge in [-0.3, -0.25) is 19.3 Å². The fourth-order valence-corrected chi connectivity index (χ4v) is 2.93. The van der Waals surface area contributed by atoms with Gasteiger partial charge in [-0.1, -0.05) is 30.3 Å². The maximum atomic E-state index is 12.8. The monoisotopic (exact) mass is 377 g/mol. The van der Waals surface area contributed by atoms with Gasteiger partial charge in [0.15, 0.2) is 5.69 Å². The third-order valence-electron chi connectivity index (χ3n) is 4.53. The van der Waals surface area contributed by atoms with Gasteiger partial charge in [0.2, 0.25) is 0 Å². The first kappa shape index (κ1) is 19.3. The van der Waals surface area contributed by atoms with Crippen molar-refractivity contribution in [2.75, 3.05) is 13.6 Å². The molecule has 0 aliphatic carbocycles. The van der Waals surface area contributed by atoms with E-state index in [0.717, 1.165) is 11.1 Å².